The third kappa shape index (κ3) is 2.48. The molecule has 0 bridgehead atoms. The first-order chi connectivity index (χ1) is 12.1. The van der Waals surface area contributed by atoms with Gasteiger partial charge < -0.3 is 4.74 Å². The van der Waals surface area contributed by atoms with Crippen LogP contribution in [0.1, 0.15) is 32.3 Å². The molecule has 2 unspecified atom stereocenters. The molecule has 4 rings (SSSR count). The molecule has 2 aliphatic heterocycles. The number of hydrazone groups is 1. The Morgan fingerprint density at radius 3 is 2.24 bits per heavy atom. The first kappa shape index (κ1) is 16.0. The van der Waals surface area contributed by atoms with Gasteiger partial charge in [-0.2, -0.15) is 10.1 Å². The highest BCUT2D eigenvalue weighted by Crippen LogP contribution is 2.51. The van der Waals surface area contributed by atoms with Crippen molar-refractivity contribution in [2.75, 3.05) is 11.6 Å². The van der Waals surface area contributed by atoms with Gasteiger partial charge in [-0.25, -0.2) is 0 Å². The van der Waals surface area contributed by atoms with E-state index in [2.05, 4.69) is 24.2 Å². The molecule has 1 amide bonds. The Kier molecular flexibility index (Phi) is 3.73. The van der Waals surface area contributed by atoms with Crippen LogP contribution in [0.4, 0.5) is 5.69 Å². The molecule has 0 radical (unpaired) electrons. The van der Waals surface area contributed by atoms with Crippen molar-refractivity contribution in [3.63, 3.8) is 0 Å². The fraction of sp³-hybridized carbons (Fsp3) is 0.333. The molecular formula is C21H22N2O2. The van der Waals surface area contributed by atoms with Crippen molar-refractivity contribution in [1.82, 2.24) is 0 Å². The van der Waals surface area contributed by atoms with Gasteiger partial charge in [0.05, 0.1) is 23.4 Å². The molecule has 0 aromatic heterocycles. The van der Waals surface area contributed by atoms with Crippen LogP contribution in [-0.2, 0) is 15.1 Å². The highest BCUT2D eigenvalue weighted by molar-refractivity contribution is 6.18. The molecule has 0 spiro atoms. The first-order valence-electron chi connectivity index (χ1n) is 8.76. The van der Waals surface area contributed by atoms with Crippen LogP contribution in [0.15, 0.2) is 65.8 Å². The lowest BCUT2D eigenvalue weighted by atomic mass is 9.72. The summed E-state index contributed by atoms with van der Waals surface area (Å²) in [6.45, 7) is 4.68. The van der Waals surface area contributed by atoms with Crippen LogP contribution in [-0.4, -0.2) is 18.2 Å². The van der Waals surface area contributed by atoms with E-state index < -0.39 is 5.41 Å². The SMILES string of the molecule is CCC1(CC2(c3ccccc3)CO2)C(=O)N(c2ccccc2)N=C1C. The van der Waals surface area contributed by atoms with E-state index in [0.29, 0.717) is 19.4 Å². The van der Waals surface area contributed by atoms with Gasteiger partial charge in [0.25, 0.3) is 5.91 Å². The smallest absolute Gasteiger partial charge is 0.259 e. The molecule has 2 aromatic rings. The molecule has 1 fully saturated rings. The molecule has 4 heteroatoms. The molecule has 2 aromatic carbocycles. The number of carbonyl (C=O) groups is 1. The number of para-hydroxylation sites is 1. The molecule has 0 N–H and O–H groups in total. The molecular weight excluding hydrogens is 312 g/mol. The molecule has 4 nitrogen and oxygen atoms in total. The van der Waals surface area contributed by atoms with Gasteiger partial charge in [-0.15, -0.1) is 0 Å². The van der Waals surface area contributed by atoms with Crippen LogP contribution in [0.2, 0.25) is 0 Å². The fourth-order valence-corrected chi connectivity index (χ4v) is 3.82. The van der Waals surface area contributed by atoms with Crippen molar-refractivity contribution in [2.24, 2.45) is 10.5 Å². The Balaban J connectivity index is 1.68. The number of hydrogen-bond donors (Lipinski definition) is 0. The zero-order valence-corrected chi connectivity index (χ0v) is 14.6. The van der Waals surface area contributed by atoms with Gasteiger partial charge in [-0.05, 0) is 31.0 Å². The van der Waals surface area contributed by atoms with Crippen LogP contribution in [0.3, 0.4) is 0 Å². The second-order valence-corrected chi connectivity index (χ2v) is 6.90. The molecule has 0 aliphatic carbocycles. The molecule has 2 atom stereocenters. The van der Waals surface area contributed by atoms with E-state index in [-0.39, 0.29) is 11.5 Å². The summed E-state index contributed by atoms with van der Waals surface area (Å²) in [4.78, 5) is 13.4. The summed E-state index contributed by atoms with van der Waals surface area (Å²) in [5.41, 5.74) is 1.85. The quantitative estimate of drug-likeness (QED) is 0.772. The number of anilines is 1. The van der Waals surface area contributed by atoms with Crippen LogP contribution in [0.5, 0.6) is 0 Å². The summed E-state index contributed by atoms with van der Waals surface area (Å²) in [7, 11) is 0. The average Bonchev–Trinajstić information content (AvgIpc) is 3.41. The number of amides is 1. The minimum atomic E-state index is -0.609. The summed E-state index contributed by atoms with van der Waals surface area (Å²) in [5, 5.41) is 6.17. The Bertz CT molecular complexity index is 812. The van der Waals surface area contributed by atoms with Crippen molar-refractivity contribution in [1.29, 1.82) is 0 Å². The molecule has 128 valence electrons. The minimum Gasteiger partial charge on any atom is -0.364 e. The monoisotopic (exact) mass is 334 g/mol. The molecule has 2 aliphatic rings. The van der Waals surface area contributed by atoms with E-state index in [1.165, 1.54) is 0 Å². The maximum atomic E-state index is 13.4. The lowest BCUT2D eigenvalue weighted by molar-refractivity contribution is -0.125. The van der Waals surface area contributed by atoms with E-state index in [9.17, 15) is 4.79 Å². The second kappa shape index (κ2) is 5.81. The van der Waals surface area contributed by atoms with Crippen molar-refractivity contribution in [2.45, 2.75) is 32.3 Å². The van der Waals surface area contributed by atoms with Gasteiger partial charge in [-0.1, -0.05) is 55.5 Å². The maximum absolute atomic E-state index is 13.4. The number of nitrogens with zero attached hydrogens (tertiary/aromatic N) is 2. The van der Waals surface area contributed by atoms with E-state index in [1.807, 2.05) is 55.5 Å². The molecule has 2 heterocycles. The van der Waals surface area contributed by atoms with Crippen LogP contribution in [0.25, 0.3) is 0 Å². The lowest BCUT2D eigenvalue weighted by Gasteiger charge is -2.30. The number of ether oxygens (including phenoxy) is 1. The predicted octanol–water partition coefficient (Wildman–Crippen LogP) is 4.12. The summed E-state index contributed by atoms with van der Waals surface area (Å²) in [6.07, 6.45) is 1.35. The minimum absolute atomic E-state index is 0.0458. The van der Waals surface area contributed by atoms with E-state index in [1.54, 1.807) is 5.01 Å². The summed E-state index contributed by atoms with van der Waals surface area (Å²) in [6, 6.07) is 19.8. The van der Waals surface area contributed by atoms with Crippen LogP contribution in [0, 0.1) is 5.41 Å². The summed E-state index contributed by atoms with van der Waals surface area (Å²) >= 11 is 0. The van der Waals surface area contributed by atoms with Crippen LogP contribution < -0.4 is 5.01 Å². The zero-order chi connectivity index (χ0) is 17.5. The first-order valence-corrected chi connectivity index (χ1v) is 8.76. The highest BCUT2D eigenvalue weighted by atomic mass is 16.6. The largest absolute Gasteiger partial charge is 0.364 e. The second-order valence-electron chi connectivity index (χ2n) is 6.90. The van der Waals surface area contributed by atoms with Crippen molar-refractivity contribution in [3.05, 3.63) is 66.2 Å². The van der Waals surface area contributed by atoms with Gasteiger partial charge in [-0.3, -0.25) is 4.79 Å². The topological polar surface area (TPSA) is 45.2 Å². The van der Waals surface area contributed by atoms with Gasteiger partial charge in [0, 0.05) is 6.42 Å². The Labute approximate surface area is 148 Å². The molecule has 25 heavy (non-hydrogen) atoms. The zero-order valence-electron chi connectivity index (χ0n) is 14.6. The van der Waals surface area contributed by atoms with E-state index in [4.69, 9.17) is 4.74 Å². The van der Waals surface area contributed by atoms with Crippen LogP contribution >= 0.6 is 0 Å². The maximum Gasteiger partial charge on any atom is 0.259 e. The van der Waals surface area contributed by atoms with Crippen molar-refractivity contribution < 1.29 is 9.53 Å². The van der Waals surface area contributed by atoms with E-state index >= 15 is 0 Å². The summed E-state index contributed by atoms with van der Waals surface area (Å²) in [5.74, 6) is 0.0458. The number of carbonyl (C=O) groups excluding carboxylic acids is 1. The third-order valence-electron chi connectivity index (χ3n) is 5.53. The number of rotatable bonds is 5. The standard InChI is InChI=1S/C21H22N2O2/c1-3-20(14-21(15-25-21)17-10-6-4-7-11-17)16(2)22-23(19(20)24)18-12-8-5-9-13-18/h4-13H,3,14-15H2,1-2H3. The number of benzene rings is 2. The van der Waals surface area contributed by atoms with Crippen molar-refractivity contribution >= 4 is 17.3 Å². The van der Waals surface area contributed by atoms with Gasteiger partial charge in [0.2, 0.25) is 0 Å². The Hall–Kier alpha value is -2.46. The number of hydrogen-bond acceptors (Lipinski definition) is 3. The number of epoxide rings is 1. The predicted molar refractivity (Wildman–Crippen MR) is 98.5 cm³/mol. The normalized spacial score (nSPS) is 28.2. The van der Waals surface area contributed by atoms with Gasteiger partial charge >= 0.3 is 0 Å². The average molecular weight is 334 g/mol. The van der Waals surface area contributed by atoms with Gasteiger partial charge in [0.15, 0.2) is 0 Å². The Morgan fingerprint density at radius 2 is 1.68 bits per heavy atom. The third-order valence-corrected chi connectivity index (χ3v) is 5.53. The fourth-order valence-electron chi connectivity index (χ4n) is 3.82. The van der Waals surface area contributed by atoms with Gasteiger partial charge in [0.1, 0.15) is 5.60 Å². The Morgan fingerprint density at radius 1 is 1.08 bits per heavy atom. The highest BCUT2D eigenvalue weighted by Gasteiger charge is 2.58. The molecule has 0 saturated carbocycles. The lowest BCUT2D eigenvalue weighted by Crippen LogP contribution is -2.41. The van der Waals surface area contributed by atoms with E-state index in [0.717, 1.165) is 17.0 Å². The molecule has 1 saturated heterocycles. The van der Waals surface area contributed by atoms with Crippen molar-refractivity contribution in [3.8, 4) is 0 Å². The summed E-state index contributed by atoms with van der Waals surface area (Å²) < 4.78 is 5.88.